The standard InChI is InChI=1S/C15H25N5O2/c1-2-5-13-16-15(18-17-13)12-10-19(8-9-22-12)11-14(21)20-6-3-4-7-20/h12H,2-11H2,1H3,(H,16,17,18). The summed E-state index contributed by atoms with van der Waals surface area (Å²) in [5.74, 6) is 1.85. The van der Waals surface area contributed by atoms with Gasteiger partial charge in [-0.3, -0.25) is 14.8 Å². The van der Waals surface area contributed by atoms with Crippen molar-refractivity contribution < 1.29 is 9.53 Å². The Morgan fingerprint density at radius 3 is 2.95 bits per heavy atom. The molecule has 1 amide bonds. The fourth-order valence-corrected chi connectivity index (χ4v) is 3.06. The van der Waals surface area contributed by atoms with Gasteiger partial charge in [0.1, 0.15) is 11.9 Å². The number of amides is 1. The molecule has 1 aromatic heterocycles. The van der Waals surface area contributed by atoms with Gasteiger partial charge in [0.15, 0.2) is 5.82 Å². The molecule has 22 heavy (non-hydrogen) atoms. The van der Waals surface area contributed by atoms with Crippen molar-refractivity contribution in [2.24, 2.45) is 0 Å². The van der Waals surface area contributed by atoms with Crippen LogP contribution >= 0.6 is 0 Å². The first kappa shape index (κ1) is 15.4. The normalized spacial score (nSPS) is 23.1. The number of hydrogen-bond acceptors (Lipinski definition) is 5. The van der Waals surface area contributed by atoms with Crippen molar-refractivity contribution in [1.29, 1.82) is 0 Å². The Hall–Kier alpha value is -1.47. The number of likely N-dealkylation sites (tertiary alicyclic amines) is 1. The first-order valence-electron chi connectivity index (χ1n) is 8.29. The third-order valence-electron chi connectivity index (χ3n) is 4.29. The predicted molar refractivity (Wildman–Crippen MR) is 81.3 cm³/mol. The predicted octanol–water partition coefficient (Wildman–Crippen LogP) is 0.753. The summed E-state index contributed by atoms with van der Waals surface area (Å²) >= 11 is 0. The zero-order valence-corrected chi connectivity index (χ0v) is 13.3. The number of aromatic amines is 1. The highest BCUT2D eigenvalue weighted by Crippen LogP contribution is 2.19. The van der Waals surface area contributed by atoms with E-state index in [9.17, 15) is 4.79 Å². The molecule has 2 aliphatic rings. The molecular weight excluding hydrogens is 282 g/mol. The second kappa shape index (κ2) is 7.19. The highest BCUT2D eigenvalue weighted by molar-refractivity contribution is 5.78. The van der Waals surface area contributed by atoms with Gasteiger partial charge < -0.3 is 9.64 Å². The van der Waals surface area contributed by atoms with Crippen molar-refractivity contribution in [2.75, 3.05) is 39.3 Å². The Kier molecular flexibility index (Phi) is 5.04. The molecule has 1 N–H and O–H groups in total. The van der Waals surface area contributed by atoms with E-state index in [2.05, 4.69) is 27.0 Å². The first-order chi connectivity index (χ1) is 10.8. The molecule has 3 heterocycles. The molecule has 2 saturated heterocycles. The van der Waals surface area contributed by atoms with Crippen LogP contribution in [-0.2, 0) is 16.0 Å². The van der Waals surface area contributed by atoms with Crippen LogP contribution in [0.4, 0.5) is 0 Å². The molecule has 0 saturated carbocycles. The Bertz CT molecular complexity index is 498. The third kappa shape index (κ3) is 3.64. The Balaban J connectivity index is 1.55. The van der Waals surface area contributed by atoms with Crippen LogP contribution in [0.3, 0.4) is 0 Å². The van der Waals surface area contributed by atoms with Crippen LogP contribution in [0.2, 0.25) is 0 Å². The lowest BCUT2D eigenvalue weighted by Crippen LogP contribution is -2.45. The fourth-order valence-electron chi connectivity index (χ4n) is 3.06. The maximum atomic E-state index is 12.3. The van der Waals surface area contributed by atoms with Crippen LogP contribution < -0.4 is 0 Å². The van der Waals surface area contributed by atoms with Crippen molar-refractivity contribution in [3.05, 3.63) is 11.6 Å². The van der Waals surface area contributed by atoms with E-state index in [1.54, 1.807) is 0 Å². The molecule has 2 fully saturated rings. The van der Waals surface area contributed by atoms with E-state index in [-0.39, 0.29) is 12.0 Å². The minimum atomic E-state index is -0.137. The molecular formula is C15H25N5O2. The van der Waals surface area contributed by atoms with Gasteiger partial charge in [-0.2, -0.15) is 5.10 Å². The largest absolute Gasteiger partial charge is 0.367 e. The molecule has 7 heteroatoms. The number of carbonyl (C=O) groups is 1. The van der Waals surface area contributed by atoms with Gasteiger partial charge in [0.05, 0.1) is 13.2 Å². The van der Waals surface area contributed by atoms with E-state index in [1.165, 1.54) is 0 Å². The lowest BCUT2D eigenvalue weighted by atomic mass is 10.2. The van der Waals surface area contributed by atoms with Crippen molar-refractivity contribution >= 4 is 5.91 Å². The number of ether oxygens (including phenoxy) is 1. The van der Waals surface area contributed by atoms with Gasteiger partial charge in [-0.25, -0.2) is 4.98 Å². The smallest absolute Gasteiger partial charge is 0.236 e. The van der Waals surface area contributed by atoms with Crippen LogP contribution in [-0.4, -0.2) is 70.2 Å². The maximum absolute atomic E-state index is 12.3. The molecule has 1 unspecified atom stereocenters. The summed E-state index contributed by atoms with van der Waals surface area (Å²) in [5, 5.41) is 7.24. The van der Waals surface area contributed by atoms with Crippen LogP contribution in [0.1, 0.15) is 43.9 Å². The summed E-state index contributed by atoms with van der Waals surface area (Å²) in [5.41, 5.74) is 0. The average molecular weight is 307 g/mol. The molecule has 0 aromatic carbocycles. The Labute approximate surface area is 131 Å². The minimum Gasteiger partial charge on any atom is -0.367 e. The molecule has 1 aromatic rings. The van der Waals surface area contributed by atoms with Crippen LogP contribution in [0.5, 0.6) is 0 Å². The quantitative estimate of drug-likeness (QED) is 0.869. The van der Waals surface area contributed by atoms with Gasteiger partial charge in [0.2, 0.25) is 5.91 Å². The van der Waals surface area contributed by atoms with Crippen LogP contribution in [0, 0.1) is 0 Å². The van der Waals surface area contributed by atoms with Crippen molar-refractivity contribution in [3.8, 4) is 0 Å². The molecule has 2 aliphatic heterocycles. The first-order valence-corrected chi connectivity index (χ1v) is 8.29. The van der Waals surface area contributed by atoms with E-state index in [0.717, 1.165) is 51.1 Å². The topological polar surface area (TPSA) is 74.3 Å². The number of carbonyl (C=O) groups excluding carboxylic acids is 1. The molecule has 0 bridgehead atoms. The van der Waals surface area contributed by atoms with Crippen molar-refractivity contribution in [2.45, 2.75) is 38.7 Å². The van der Waals surface area contributed by atoms with E-state index in [0.29, 0.717) is 25.5 Å². The van der Waals surface area contributed by atoms with Gasteiger partial charge in [-0.1, -0.05) is 6.92 Å². The molecule has 0 spiro atoms. The number of aryl methyl sites for hydroxylation is 1. The summed E-state index contributed by atoms with van der Waals surface area (Å²) in [6.07, 6.45) is 4.07. The SMILES string of the molecule is CCCc1nc(C2CN(CC(=O)N3CCCC3)CCO2)n[nH]1. The van der Waals surface area contributed by atoms with Gasteiger partial charge in [0, 0.05) is 32.6 Å². The second-order valence-corrected chi connectivity index (χ2v) is 6.07. The minimum absolute atomic E-state index is 0.137. The van der Waals surface area contributed by atoms with E-state index in [4.69, 9.17) is 4.74 Å². The number of nitrogens with one attached hydrogen (secondary N) is 1. The third-order valence-corrected chi connectivity index (χ3v) is 4.29. The van der Waals surface area contributed by atoms with Gasteiger partial charge in [-0.15, -0.1) is 0 Å². The average Bonchev–Trinajstić information content (AvgIpc) is 3.19. The summed E-state index contributed by atoms with van der Waals surface area (Å²) < 4.78 is 5.78. The summed E-state index contributed by atoms with van der Waals surface area (Å²) in [6, 6.07) is 0. The van der Waals surface area contributed by atoms with E-state index in [1.807, 2.05) is 4.90 Å². The van der Waals surface area contributed by atoms with Gasteiger partial charge in [-0.05, 0) is 19.3 Å². The number of hydrogen-bond donors (Lipinski definition) is 1. The lowest BCUT2D eigenvalue weighted by molar-refractivity contribution is -0.133. The molecule has 7 nitrogen and oxygen atoms in total. The number of rotatable bonds is 5. The molecule has 0 radical (unpaired) electrons. The van der Waals surface area contributed by atoms with E-state index < -0.39 is 0 Å². The number of nitrogens with zero attached hydrogens (tertiary/aromatic N) is 4. The summed E-state index contributed by atoms with van der Waals surface area (Å²) in [7, 11) is 0. The van der Waals surface area contributed by atoms with Gasteiger partial charge in [0.25, 0.3) is 0 Å². The molecule has 3 rings (SSSR count). The molecule has 122 valence electrons. The zero-order valence-electron chi connectivity index (χ0n) is 13.3. The van der Waals surface area contributed by atoms with Crippen LogP contribution in [0.25, 0.3) is 0 Å². The number of aromatic nitrogens is 3. The van der Waals surface area contributed by atoms with Crippen LogP contribution in [0.15, 0.2) is 0 Å². The lowest BCUT2D eigenvalue weighted by Gasteiger charge is -2.32. The summed E-state index contributed by atoms with van der Waals surface area (Å²) in [6.45, 7) is 6.51. The highest BCUT2D eigenvalue weighted by atomic mass is 16.5. The zero-order chi connectivity index (χ0) is 15.4. The number of H-pyrrole nitrogens is 1. The van der Waals surface area contributed by atoms with Crippen molar-refractivity contribution in [3.63, 3.8) is 0 Å². The summed E-state index contributed by atoms with van der Waals surface area (Å²) in [4.78, 5) is 20.9. The van der Waals surface area contributed by atoms with E-state index >= 15 is 0 Å². The Morgan fingerprint density at radius 2 is 2.18 bits per heavy atom. The molecule has 0 aliphatic carbocycles. The van der Waals surface area contributed by atoms with Crippen molar-refractivity contribution in [1.82, 2.24) is 25.0 Å². The fraction of sp³-hybridized carbons (Fsp3) is 0.800. The monoisotopic (exact) mass is 307 g/mol. The maximum Gasteiger partial charge on any atom is 0.236 e. The van der Waals surface area contributed by atoms with Gasteiger partial charge >= 0.3 is 0 Å². The Morgan fingerprint density at radius 1 is 1.36 bits per heavy atom. The molecule has 1 atom stereocenters. The second-order valence-electron chi connectivity index (χ2n) is 6.07. The number of morpholine rings is 1. The highest BCUT2D eigenvalue weighted by Gasteiger charge is 2.28.